The first-order valence-electron chi connectivity index (χ1n) is 5.50. The smallest absolute Gasteiger partial charge is 0.416 e. The third kappa shape index (κ3) is 3.04. The van der Waals surface area contributed by atoms with Crippen LogP contribution in [0.2, 0.25) is 0 Å². The molecule has 0 radical (unpaired) electrons. The van der Waals surface area contributed by atoms with E-state index in [4.69, 9.17) is 9.47 Å². The number of nitrogens with zero attached hydrogens (tertiary/aromatic N) is 1. The Balaban J connectivity index is 2.23. The van der Waals surface area contributed by atoms with E-state index in [1.54, 1.807) is 0 Å². The highest BCUT2D eigenvalue weighted by molar-refractivity contribution is 5.42. The van der Waals surface area contributed by atoms with Crippen LogP contribution in [0, 0.1) is 0 Å². The van der Waals surface area contributed by atoms with Gasteiger partial charge in [0, 0.05) is 19.5 Å². The molecule has 1 fully saturated rings. The Morgan fingerprint density at radius 2 is 2.22 bits per heavy atom. The molecule has 0 aromatic carbocycles. The van der Waals surface area contributed by atoms with Crippen molar-refractivity contribution in [3.63, 3.8) is 0 Å². The first kappa shape index (κ1) is 12.9. The Bertz CT molecular complexity index is 417. The summed E-state index contributed by atoms with van der Waals surface area (Å²) in [7, 11) is 1.50. The molecule has 1 unspecified atom stereocenters. The molecule has 1 aliphatic rings. The minimum Gasteiger partial charge on any atom is -0.472 e. The number of hydrogen-bond donors (Lipinski definition) is 1. The zero-order valence-corrected chi connectivity index (χ0v) is 9.75. The summed E-state index contributed by atoms with van der Waals surface area (Å²) in [5, 5.41) is 2.58. The standard InChI is InChI=1S/C11H13F3N2O2/c1-15-9-4-7(11(12,13)14)5-10(16-9)18-8-2-3-17-6-8/h4-5,8H,2-3,6H2,1H3,(H,15,16). The van der Waals surface area contributed by atoms with Gasteiger partial charge in [-0.1, -0.05) is 0 Å². The number of hydrogen-bond acceptors (Lipinski definition) is 4. The molecule has 1 saturated heterocycles. The maximum absolute atomic E-state index is 12.7. The number of alkyl halides is 3. The summed E-state index contributed by atoms with van der Waals surface area (Å²) in [4.78, 5) is 3.94. The number of anilines is 1. The fourth-order valence-electron chi connectivity index (χ4n) is 1.63. The van der Waals surface area contributed by atoms with E-state index in [0.717, 1.165) is 12.1 Å². The fourth-order valence-corrected chi connectivity index (χ4v) is 1.63. The molecule has 0 saturated carbocycles. The third-order valence-electron chi connectivity index (χ3n) is 2.56. The summed E-state index contributed by atoms with van der Waals surface area (Å²) >= 11 is 0. The number of ether oxygens (including phenoxy) is 2. The average Bonchev–Trinajstić information content (AvgIpc) is 2.80. The fraction of sp³-hybridized carbons (Fsp3) is 0.545. The minimum absolute atomic E-state index is 0.0373. The SMILES string of the molecule is CNc1cc(C(F)(F)F)cc(OC2CCOC2)n1. The zero-order chi connectivity index (χ0) is 13.2. The summed E-state index contributed by atoms with van der Waals surface area (Å²) in [6.45, 7) is 0.940. The number of rotatable bonds is 3. The second-order valence-electron chi connectivity index (χ2n) is 3.93. The van der Waals surface area contributed by atoms with E-state index in [9.17, 15) is 13.2 Å². The second-order valence-corrected chi connectivity index (χ2v) is 3.93. The van der Waals surface area contributed by atoms with Crippen LogP contribution in [0.3, 0.4) is 0 Å². The first-order chi connectivity index (χ1) is 8.49. The van der Waals surface area contributed by atoms with Crippen molar-refractivity contribution in [1.29, 1.82) is 0 Å². The van der Waals surface area contributed by atoms with Crippen LogP contribution in [0.15, 0.2) is 12.1 Å². The lowest BCUT2D eigenvalue weighted by Gasteiger charge is -2.14. The molecule has 0 amide bonds. The summed E-state index contributed by atoms with van der Waals surface area (Å²) in [6, 6.07) is 1.84. The van der Waals surface area contributed by atoms with Gasteiger partial charge in [-0.15, -0.1) is 0 Å². The third-order valence-corrected chi connectivity index (χ3v) is 2.56. The molecule has 0 aliphatic carbocycles. The Morgan fingerprint density at radius 3 is 2.78 bits per heavy atom. The Hall–Kier alpha value is -1.50. The lowest BCUT2D eigenvalue weighted by atomic mass is 10.2. The zero-order valence-electron chi connectivity index (χ0n) is 9.75. The van der Waals surface area contributed by atoms with E-state index in [2.05, 4.69) is 10.3 Å². The molecule has 0 spiro atoms. The lowest BCUT2D eigenvalue weighted by Crippen LogP contribution is -2.17. The van der Waals surface area contributed by atoms with Crippen molar-refractivity contribution < 1.29 is 22.6 Å². The molecule has 1 N–H and O–H groups in total. The van der Waals surface area contributed by atoms with Gasteiger partial charge in [0.2, 0.25) is 5.88 Å². The molecule has 7 heteroatoms. The number of pyridine rings is 1. The minimum atomic E-state index is -4.42. The van der Waals surface area contributed by atoms with Crippen LogP contribution in [0.5, 0.6) is 5.88 Å². The van der Waals surface area contributed by atoms with Crippen molar-refractivity contribution in [3.05, 3.63) is 17.7 Å². The van der Waals surface area contributed by atoms with Crippen molar-refractivity contribution in [2.45, 2.75) is 18.7 Å². The largest absolute Gasteiger partial charge is 0.472 e. The number of halogens is 3. The van der Waals surface area contributed by atoms with Crippen molar-refractivity contribution in [1.82, 2.24) is 4.98 Å². The Morgan fingerprint density at radius 1 is 1.44 bits per heavy atom. The van der Waals surface area contributed by atoms with Gasteiger partial charge in [0.1, 0.15) is 11.9 Å². The lowest BCUT2D eigenvalue weighted by molar-refractivity contribution is -0.137. The summed E-state index contributed by atoms with van der Waals surface area (Å²) in [5.74, 6) is 0.0865. The maximum atomic E-state index is 12.7. The van der Waals surface area contributed by atoms with Crippen LogP contribution in [0.4, 0.5) is 19.0 Å². The second kappa shape index (κ2) is 5.01. The molecule has 4 nitrogen and oxygen atoms in total. The maximum Gasteiger partial charge on any atom is 0.416 e. The van der Waals surface area contributed by atoms with E-state index >= 15 is 0 Å². The summed E-state index contributed by atoms with van der Waals surface area (Å²) in [6.07, 6.45) is -3.99. The quantitative estimate of drug-likeness (QED) is 0.907. The predicted molar refractivity (Wildman–Crippen MR) is 58.6 cm³/mol. The van der Waals surface area contributed by atoms with E-state index in [1.807, 2.05) is 0 Å². The molecule has 2 rings (SSSR count). The molecule has 1 aromatic rings. The molecule has 1 aromatic heterocycles. The van der Waals surface area contributed by atoms with Crippen LogP contribution in [0.25, 0.3) is 0 Å². The van der Waals surface area contributed by atoms with Gasteiger partial charge in [-0.2, -0.15) is 18.2 Å². The highest BCUT2D eigenvalue weighted by Gasteiger charge is 2.32. The molecule has 100 valence electrons. The van der Waals surface area contributed by atoms with Gasteiger partial charge in [0.15, 0.2) is 0 Å². The number of nitrogens with one attached hydrogen (secondary N) is 1. The topological polar surface area (TPSA) is 43.4 Å². The summed E-state index contributed by atoms with van der Waals surface area (Å²) < 4.78 is 48.5. The van der Waals surface area contributed by atoms with Gasteiger partial charge >= 0.3 is 6.18 Å². The van der Waals surface area contributed by atoms with Crippen molar-refractivity contribution in [2.75, 3.05) is 25.6 Å². The van der Waals surface area contributed by atoms with Crippen LogP contribution in [-0.4, -0.2) is 31.3 Å². The van der Waals surface area contributed by atoms with Crippen LogP contribution < -0.4 is 10.1 Å². The van der Waals surface area contributed by atoms with Gasteiger partial charge < -0.3 is 14.8 Å². The van der Waals surface area contributed by atoms with Crippen LogP contribution in [0.1, 0.15) is 12.0 Å². The molecular weight excluding hydrogens is 249 g/mol. The average molecular weight is 262 g/mol. The molecule has 1 aliphatic heterocycles. The molecular formula is C11H13F3N2O2. The van der Waals surface area contributed by atoms with Gasteiger partial charge in [-0.25, -0.2) is 0 Å². The molecule has 18 heavy (non-hydrogen) atoms. The van der Waals surface area contributed by atoms with Crippen molar-refractivity contribution in [2.24, 2.45) is 0 Å². The monoisotopic (exact) mass is 262 g/mol. The van der Waals surface area contributed by atoms with Gasteiger partial charge in [0.05, 0.1) is 18.8 Å². The van der Waals surface area contributed by atoms with E-state index in [0.29, 0.717) is 19.6 Å². The normalized spacial score (nSPS) is 19.9. The predicted octanol–water partition coefficient (Wildman–Crippen LogP) is 2.31. The number of aromatic nitrogens is 1. The van der Waals surface area contributed by atoms with Crippen molar-refractivity contribution >= 4 is 5.82 Å². The van der Waals surface area contributed by atoms with E-state index in [-0.39, 0.29) is 17.8 Å². The summed E-state index contributed by atoms with van der Waals surface area (Å²) in [5.41, 5.74) is -0.782. The molecule has 1 atom stereocenters. The Labute approximate surface area is 102 Å². The van der Waals surface area contributed by atoms with Crippen LogP contribution >= 0.6 is 0 Å². The highest BCUT2D eigenvalue weighted by atomic mass is 19.4. The molecule has 0 bridgehead atoms. The van der Waals surface area contributed by atoms with Crippen molar-refractivity contribution in [3.8, 4) is 5.88 Å². The van der Waals surface area contributed by atoms with Gasteiger partial charge in [-0.05, 0) is 6.07 Å². The van der Waals surface area contributed by atoms with Gasteiger partial charge in [0.25, 0.3) is 0 Å². The molecule has 2 heterocycles. The Kier molecular flexibility index (Phi) is 3.60. The van der Waals surface area contributed by atoms with Crippen LogP contribution in [-0.2, 0) is 10.9 Å². The first-order valence-corrected chi connectivity index (χ1v) is 5.50. The van der Waals surface area contributed by atoms with Gasteiger partial charge in [-0.3, -0.25) is 0 Å². The van der Waals surface area contributed by atoms with E-state index < -0.39 is 11.7 Å². The highest BCUT2D eigenvalue weighted by Crippen LogP contribution is 2.33. The van der Waals surface area contributed by atoms with E-state index in [1.165, 1.54) is 7.05 Å².